The fraction of sp³-hybridized carbons (Fsp3) is 0.188. The van der Waals surface area contributed by atoms with E-state index in [1.807, 2.05) is 22.6 Å². The largest absolute Gasteiger partial charge is 0.462 e. The number of ether oxygens (including phenoxy) is 1. The lowest BCUT2D eigenvalue weighted by Gasteiger charge is -2.06. The summed E-state index contributed by atoms with van der Waals surface area (Å²) in [5, 5.41) is 2.49. The molecule has 0 saturated carbocycles. The zero-order chi connectivity index (χ0) is 17.9. The number of aryl methyl sites for hydroxylation is 1. The molecule has 7 nitrogen and oxygen atoms in total. The molecule has 0 radical (unpaired) electrons. The van der Waals surface area contributed by atoms with E-state index < -0.39 is 17.8 Å². The van der Waals surface area contributed by atoms with Gasteiger partial charge >= 0.3 is 5.97 Å². The molecule has 2 rings (SSSR count). The van der Waals surface area contributed by atoms with E-state index in [9.17, 15) is 14.4 Å². The van der Waals surface area contributed by atoms with Crippen LogP contribution in [0.3, 0.4) is 0 Å². The molecular formula is C16H15IN2O5. The Labute approximate surface area is 151 Å². The Morgan fingerprint density at radius 3 is 2.50 bits per heavy atom. The van der Waals surface area contributed by atoms with Gasteiger partial charge in [-0.15, -0.1) is 0 Å². The monoisotopic (exact) mass is 442 g/mol. The molecule has 3 N–H and O–H groups in total. The van der Waals surface area contributed by atoms with Crippen LogP contribution in [0.15, 0.2) is 28.7 Å². The van der Waals surface area contributed by atoms with Crippen LogP contribution in [0.1, 0.15) is 43.8 Å². The lowest BCUT2D eigenvalue weighted by molar-refractivity contribution is 0.0521. The van der Waals surface area contributed by atoms with Crippen LogP contribution in [-0.2, 0) is 4.74 Å². The second kappa shape index (κ2) is 7.47. The van der Waals surface area contributed by atoms with Gasteiger partial charge in [-0.25, -0.2) is 4.79 Å². The topological polar surface area (TPSA) is 112 Å². The number of carbonyl (C=O) groups is 3. The van der Waals surface area contributed by atoms with E-state index >= 15 is 0 Å². The van der Waals surface area contributed by atoms with E-state index in [1.54, 1.807) is 31.2 Å². The molecule has 0 saturated heterocycles. The maximum atomic E-state index is 12.4. The van der Waals surface area contributed by atoms with E-state index in [-0.39, 0.29) is 29.4 Å². The Hall–Kier alpha value is -2.36. The molecule has 2 aromatic rings. The molecule has 0 atom stereocenters. The van der Waals surface area contributed by atoms with Crippen molar-refractivity contribution in [2.75, 3.05) is 11.9 Å². The third-order valence-electron chi connectivity index (χ3n) is 3.16. The van der Waals surface area contributed by atoms with Crippen molar-refractivity contribution < 1.29 is 23.5 Å². The van der Waals surface area contributed by atoms with Crippen molar-refractivity contribution in [2.24, 2.45) is 5.73 Å². The van der Waals surface area contributed by atoms with Gasteiger partial charge in [-0.05, 0) is 48.6 Å². The van der Waals surface area contributed by atoms with Crippen LogP contribution in [0.25, 0.3) is 0 Å². The summed E-state index contributed by atoms with van der Waals surface area (Å²) in [5.74, 6) is -2.14. The van der Waals surface area contributed by atoms with Gasteiger partial charge in [0, 0.05) is 3.57 Å². The number of nitrogens with one attached hydrogen (secondary N) is 1. The van der Waals surface area contributed by atoms with Crippen molar-refractivity contribution >= 4 is 46.3 Å². The molecule has 0 aliphatic rings. The van der Waals surface area contributed by atoms with E-state index in [1.165, 1.54) is 6.92 Å². The molecule has 0 aliphatic carbocycles. The van der Waals surface area contributed by atoms with Crippen LogP contribution in [0.5, 0.6) is 0 Å². The number of carbonyl (C=O) groups excluding carboxylic acids is 3. The Morgan fingerprint density at radius 2 is 1.92 bits per heavy atom. The Kier molecular flexibility index (Phi) is 5.60. The average Bonchev–Trinajstić information content (AvgIpc) is 2.84. The highest BCUT2D eigenvalue weighted by Gasteiger charge is 2.29. The van der Waals surface area contributed by atoms with E-state index in [4.69, 9.17) is 14.9 Å². The summed E-state index contributed by atoms with van der Waals surface area (Å²) in [5.41, 5.74) is 5.47. The number of primary amides is 1. The predicted molar refractivity (Wildman–Crippen MR) is 95.0 cm³/mol. The van der Waals surface area contributed by atoms with Gasteiger partial charge < -0.3 is 14.9 Å². The molecule has 8 heteroatoms. The molecule has 0 aliphatic heterocycles. The fourth-order valence-corrected chi connectivity index (χ4v) is 2.77. The van der Waals surface area contributed by atoms with E-state index in [2.05, 4.69) is 5.32 Å². The van der Waals surface area contributed by atoms with Crippen LogP contribution in [0, 0.1) is 10.5 Å². The first-order valence-corrected chi connectivity index (χ1v) is 8.10. The fourth-order valence-electron chi connectivity index (χ4n) is 2.13. The van der Waals surface area contributed by atoms with Gasteiger partial charge in [-0.1, -0.05) is 12.1 Å². The number of furan rings is 1. The number of amides is 2. The minimum atomic E-state index is -0.895. The number of hydrogen-bond donors (Lipinski definition) is 2. The predicted octanol–water partition coefficient (Wildman–Crippen LogP) is 2.72. The summed E-state index contributed by atoms with van der Waals surface area (Å²) in [6, 6.07) is 6.90. The number of hydrogen-bond acceptors (Lipinski definition) is 5. The summed E-state index contributed by atoms with van der Waals surface area (Å²) in [6.07, 6.45) is 0. The SMILES string of the molecule is CCOC(=O)c1c(C)oc(NC(=O)c2ccccc2I)c1C(N)=O. The molecule has 0 unspecified atom stereocenters. The quantitative estimate of drug-likeness (QED) is 0.547. The molecule has 1 heterocycles. The van der Waals surface area contributed by atoms with Crippen LogP contribution in [-0.4, -0.2) is 24.4 Å². The first kappa shape index (κ1) is 18.0. The van der Waals surface area contributed by atoms with Crippen LogP contribution in [0.2, 0.25) is 0 Å². The summed E-state index contributed by atoms with van der Waals surface area (Å²) in [7, 11) is 0. The van der Waals surface area contributed by atoms with Crippen molar-refractivity contribution in [1.29, 1.82) is 0 Å². The molecule has 1 aromatic carbocycles. The Balaban J connectivity index is 2.43. The van der Waals surface area contributed by atoms with Gasteiger partial charge in [-0.3, -0.25) is 14.9 Å². The zero-order valence-electron chi connectivity index (χ0n) is 13.0. The summed E-state index contributed by atoms with van der Waals surface area (Å²) in [6.45, 7) is 3.25. The van der Waals surface area contributed by atoms with Gasteiger partial charge in [0.05, 0.1) is 12.2 Å². The van der Waals surface area contributed by atoms with Gasteiger partial charge in [0.1, 0.15) is 16.9 Å². The number of halogens is 1. The average molecular weight is 442 g/mol. The van der Waals surface area contributed by atoms with Crippen LogP contribution in [0.4, 0.5) is 5.88 Å². The van der Waals surface area contributed by atoms with Crippen molar-refractivity contribution in [2.45, 2.75) is 13.8 Å². The Morgan fingerprint density at radius 1 is 1.25 bits per heavy atom. The molecule has 126 valence electrons. The number of rotatable bonds is 5. The molecular weight excluding hydrogens is 427 g/mol. The summed E-state index contributed by atoms with van der Waals surface area (Å²) in [4.78, 5) is 36.1. The second-order valence-electron chi connectivity index (χ2n) is 4.76. The maximum Gasteiger partial charge on any atom is 0.342 e. The zero-order valence-corrected chi connectivity index (χ0v) is 15.2. The van der Waals surface area contributed by atoms with Crippen molar-refractivity contribution in [3.05, 3.63) is 50.3 Å². The van der Waals surface area contributed by atoms with E-state index in [0.29, 0.717) is 5.56 Å². The normalized spacial score (nSPS) is 10.3. The van der Waals surface area contributed by atoms with Crippen molar-refractivity contribution in [3.63, 3.8) is 0 Å². The first-order valence-electron chi connectivity index (χ1n) is 7.03. The third kappa shape index (κ3) is 3.58. The van der Waals surface area contributed by atoms with Crippen LogP contribution >= 0.6 is 22.6 Å². The summed E-state index contributed by atoms with van der Waals surface area (Å²) < 4.78 is 11.0. The maximum absolute atomic E-state index is 12.4. The van der Waals surface area contributed by atoms with Gasteiger partial charge in [0.15, 0.2) is 0 Å². The number of nitrogens with two attached hydrogens (primary N) is 1. The van der Waals surface area contributed by atoms with Gasteiger partial charge in [-0.2, -0.15) is 0 Å². The molecule has 24 heavy (non-hydrogen) atoms. The third-order valence-corrected chi connectivity index (χ3v) is 4.10. The Bertz CT molecular complexity index is 813. The molecule has 0 spiro atoms. The van der Waals surface area contributed by atoms with Gasteiger partial charge in [0.25, 0.3) is 11.8 Å². The molecule has 0 bridgehead atoms. The highest BCUT2D eigenvalue weighted by molar-refractivity contribution is 14.1. The molecule has 1 aromatic heterocycles. The minimum Gasteiger partial charge on any atom is -0.462 e. The lowest BCUT2D eigenvalue weighted by atomic mass is 10.1. The summed E-state index contributed by atoms with van der Waals surface area (Å²) >= 11 is 2.02. The number of anilines is 1. The van der Waals surface area contributed by atoms with Crippen molar-refractivity contribution in [1.82, 2.24) is 0 Å². The lowest BCUT2D eigenvalue weighted by Crippen LogP contribution is -2.20. The minimum absolute atomic E-state index is 0.0811. The smallest absolute Gasteiger partial charge is 0.342 e. The highest BCUT2D eigenvalue weighted by atomic mass is 127. The standard InChI is InChI=1S/C16H15IN2O5/c1-3-23-16(22)11-8(2)24-15(12(11)13(18)20)19-14(21)9-6-4-5-7-10(9)17/h4-7H,3H2,1-2H3,(H2,18,20)(H,19,21). The number of esters is 1. The van der Waals surface area contributed by atoms with Crippen LogP contribution < -0.4 is 11.1 Å². The van der Waals surface area contributed by atoms with E-state index in [0.717, 1.165) is 3.57 Å². The molecule has 2 amide bonds. The molecule has 0 fully saturated rings. The second-order valence-corrected chi connectivity index (χ2v) is 5.92. The van der Waals surface area contributed by atoms with Crippen molar-refractivity contribution in [3.8, 4) is 0 Å². The highest BCUT2D eigenvalue weighted by Crippen LogP contribution is 2.28. The van der Waals surface area contributed by atoms with Gasteiger partial charge in [0.2, 0.25) is 5.88 Å². The number of benzene rings is 1. The first-order chi connectivity index (χ1) is 11.4.